The number of aryl methyl sites for hydroxylation is 2. The number of imidazole rings is 1. The molecule has 9 nitrogen and oxygen atoms in total. The molecular formula is C29H24F3N7O2. The number of aromatic amines is 1. The maximum atomic E-state index is 13.7. The van der Waals surface area contributed by atoms with Gasteiger partial charge in [-0.05, 0) is 55.8 Å². The first kappa shape index (κ1) is 26.1. The molecule has 0 bridgehead atoms. The van der Waals surface area contributed by atoms with Crippen molar-refractivity contribution in [2.24, 2.45) is 0 Å². The Morgan fingerprint density at radius 1 is 1.07 bits per heavy atom. The van der Waals surface area contributed by atoms with E-state index >= 15 is 0 Å². The minimum atomic E-state index is -4.63. The summed E-state index contributed by atoms with van der Waals surface area (Å²) < 4.78 is 42.5. The van der Waals surface area contributed by atoms with Crippen molar-refractivity contribution in [1.29, 1.82) is 0 Å². The lowest BCUT2D eigenvalue weighted by Crippen LogP contribution is -2.45. The molecule has 0 atom stereocenters. The number of aromatic nitrogens is 4. The number of urea groups is 1. The number of carbonyl (C=O) groups excluding carboxylic acids is 2. The van der Waals surface area contributed by atoms with Crippen LogP contribution in [0, 0.1) is 13.8 Å². The summed E-state index contributed by atoms with van der Waals surface area (Å²) in [7, 11) is 1.68. The number of amides is 3. The predicted molar refractivity (Wildman–Crippen MR) is 149 cm³/mol. The number of hydrogen-bond donors (Lipinski definition) is 2. The van der Waals surface area contributed by atoms with Crippen LogP contribution < -0.4 is 15.1 Å². The third-order valence-corrected chi connectivity index (χ3v) is 7.09. The van der Waals surface area contributed by atoms with Crippen molar-refractivity contribution in [3.05, 3.63) is 95.3 Å². The lowest BCUT2D eigenvalue weighted by molar-refractivity contribution is -0.137. The Morgan fingerprint density at radius 3 is 2.61 bits per heavy atom. The van der Waals surface area contributed by atoms with E-state index in [4.69, 9.17) is 0 Å². The number of alkyl halides is 3. The van der Waals surface area contributed by atoms with Gasteiger partial charge < -0.3 is 14.9 Å². The van der Waals surface area contributed by atoms with E-state index in [0.29, 0.717) is 17.0 Å². The van der Waals surface area contributed by atoms with Crippen LogP contribution in [-0.4, -0.2) is 38.5 Å². The normalized spacial score (nSPS) is 13.6. The van der Waals surface area contributed by atoms with Gasteiger partial charge in [0, 0.05) is 59.2 Å². The van der Waals surface area contributed by atoms with Gasteiger partial charge in [-0.15, -0.1) is 0 Å². The van der Waals surface area contributed by atoms with Crippen molar-refractivity contribution in [2.75, 3.05) is 22.2 Å². The van der Waals surface area contributed by atoms with Crippen LogP contribution in [0.4, 0.5) is 35.0 Å². The maximum absolute atomic E-state index is 13.7. The molecule has 6 rings (SSSR count). The van der Waals surface area contributed by atoms with E-state index in [1.165, 1.54) is 17.0 Å². The van der Waals surface area contributed by atoms with Crippen LogP contribution in [0.25, 0.3) is 16.7 Å². The number of nitrogens with one attached hydrogen (secondary N) is 2. The number of pyridine rings is 1. The van der Waals surface area contributed by atoms with Crippen LogP contribution in [0.1, 0.15) is 32.7 Å². The minimum Gasteiger partial charge on any atom is -0.346 e. The number of nitrogens with zero attached hydrogens (tertiary/aromatic N) is 5. The summed E-state index contributed by atoms with van der Waals surface area (Å²) in [5.41, 5.74) is 3.60. The van der Waals surface area contributed by atoms with Crippen molar-refractivity contribution in [1.82, 2.24) is 19.5 Å². The van der Waals surface area contributed by atoms with Gasteiger partial charge in [-0.25, -0.2) is 14.8 Å². The molecule has 0 saturated carbocycles. The van der Waals surface area contributed by atoms with Gasteiger partial charge in [-0.1, -0.05) is 6.07 Å². The molecule has 41 heavy (non-hydrogen) atoms. The average molecular weight is 560 g/mol. The van der Waals surface area contributed by atoms with E-state index in [2.05, 4.69) is 20.3 Å². The Kier molecular flexibility index (Phi) is 6.05. The zero-order valence-corrected chi connectivity index (χ0v) is 22.2. The van der Waals surface area contributed by atoms with Gasteiger partial charge in [-0.2, -0.15) is 13.2 Å². The molecule has 0 saturated heterocycles. The first-order valence-corrected chi connectivity index (χ1v) is 12.6. The Hall–Kier alpha value is -5.13. The van der Waals surface area contributed by atoms with Gasteiger partial charge in [0.05, 0.1) is 29.8 Å². The number of fused-ring (bicyclic) bond motifs is 3. The fraction of sp³-hybridized carbons (Fsp3) is 0.172. The zero-order valence-electron chi connectivity index (χ0n) is 22.2. The molecule has 1 aliphatic rings. The van der Waals surface area contributed by atoms with Crippen LogP contribution in [0.5, 0.6) is 0 Å². The van der Waals surface area contributed by atoms with Crippen molar-refractivity contribution in [2.45, 2.75) is 26.6 Å². The van der Waals surface area contributed by atoms with Crippen LogP contribution in [0.2, 0.25) is 0 Å². The third-order valence-electron chi connectivity index (χ3n) is 7.09. The maximum Gasteiger partial charge on any atom is 0.416 e. The molecule has 5 aromatic rings. The summed E-state index contributed by atoms with van der Waals surface area (Å²) in [5.74, 6) is -0.618. The quantitative estimate of drug-likeness (QED) is 0.273. The van der Waals surface area contributed by atoms with Crippen molar-refractivity contribution >= 4 is 40.0 Å². The highest BCUT2D eigenvalue weighted by molar-refractivity contribution is 6.12. The Balaban J connectivity index is 1.32. The second kappa shape index (κ2) is 9.51. The molecular weight excluding hydrogens is 535 g/mol. The van der Waals surface area contributed by atoms with Crippen molar-refractivity contribution < 1.29 is 22.8 Å². The fourth-order valence-electron chi connectivity index (χ4n) is 5.05. The van der Waals surface area contributed by atoms with Gasteiger partial charge >= 0.3 is 12.2 Å². The fourth-order valence-corrected chi connectivity index (χ4v) is 5.05. The van der Waals surface area contributed by atoms with Gasteiger partial charge in [0.1, 0.15) is 5.65 Å². The number of halogens is 3. The van der Waals surface area contributed by atoms with Crippen LogP contribution >= 0.6 is 0 Å². The van der Waals surface area contributed by atoms with Gasteiger partial charge in [-0.3, -0.25) is 14.6 Å². The van der Waals surface area contributed by atoms with Crippen LogP contribution in [0.3, 0.4) is 0 Å². The molecule has 208 valence electrons. The van der Waals surface area contributed by atoms with E-state index in [1.54, 1.807) is 60.6 Å². The first-order chi connectivity index (χ1) is 19.5. The monoisotopic (exact) mass is 559 g/mol. The summed E-state index contributed by atoms with van der Waals surface area (Å²) in [6.07, 6.45) is 1.85. The summed E-state index contributed by atoms with van der Waals surface area (Å²) >= 11 is 0. The molecule has 0 aliphatic carbocycles. The lowest BCUT2D eigenvalue weighted by atomic mass is 10.0. The van der Waals surface area contributed by atoms with Gasteiger partial charge in [0.2, 0.25) is 0 Å². The molecule has 3 aromatic heterocycles. The topological polar surface area (TPSA) is 99.1 Å². The molecule has 0 radical (unpaired) electrons. The lowest BCUT2D eigenvalue weighted by Gasteiger charge is -2.36. The molecule has 4 heterocycles. The molecule has 0 fully saturated rings. The second-order valence-electron chi connectivity index (χ2n) is 9.94. The number of rotatable bonds is 4. The number of hydrogen-bond acceptors (Lipinski definition) is 4. The summed E-state index contributed by atoms with van der Waals surface area (Å²) in [6.45, 7) is 3.78. The molecule has 1 aliphatic heterocycles. The molecule has 3 amide bonds. The smallest absolute Gasteiger partial charge is 0.346 e. The summed E-state index contributed by atoms with van der Waals surface area (Å²) in [6, 6.07) is 9.73. The molecule has 12 heteroatoms. The Morgan fingerprint density at radius 2 is 1.88 bits per heavy atom. The SMILES string of the molecule is Cc1cn(-c2cc(NC(=O)c3ccc(C)c(N4Cc5cnc6[nH]ccc6c5N(C)C4=O)c3)cc(C(F)(F)F)c2)cn1. The summed E-state index contributed by atoms with van der Waals surface area (Å²) in [4.78, 5) is 41.5. The highest BCUT2D eigenvalue weighted by Crippen LogP contribution is 2.37. The van der Waals surface area contributed by atoms with E-state index in [1.807, 2.05) is 13.0 Å². The van der Waals surface area contributed by atoms with Gasteiger partial charge in [0.15, 0.2) is 0 Å². The molecule has 0 unspecified atom stereocenters. The zero-order chi connectivity index (χ0) is 29.1. The van der Waals surface area contributed by atoms with Gasteiger partial charge in [0.25, 0.3) is 5.91 Å². The Bertz CT molecular complexity index is 1840. The highest BCUT2D eigenvalue weighted by Gasteiger charge is 2.33. The van der Waals surface area contributed by atoms with E-state index in [9.17, 15) is 22.8 Å². The molecule has 2 N–H and O–H groups in total. The van der Waals surface area contributed by atoms with E-state index < -0.39 is 17.6 Å². The number of H-pyrrole nitrogens is 1. The van der Waals surface area contributed by atoms with Crippen molar-refractivity contribution in [3.8, 4) is 5.69 Å². The Labute approximate surface area is 232 Å². The van der Waals surface area contributed by atoms with Crippen molar-refractivity contribution in [3.63, 3.8) is 0 Å². The van der Waals surface area contributed by atoms with E-state index in [0.717, 1.165) is 34.3 Å². The standard InChI is InChI=1S/C29H24F3N7O2/c1-16-4-5-18(8-24(16)39-14-19-12-34-26-23(6-7-33-26)25(19)37(3)28(39)41)27(40)36-21-9-20(29(30,31)32)10-22(11-21)38-13-17(2)35-15-38/h4-13,15H,14H2,1-3H3,(H,33,34)(H,36,40). The molecule has 0 spiro atoms. The van der Waals surface area contributed by atoms with E-state index in [-0.39, 0.29) is 29.5 Å². The number of anilines is 3. The predicted octanol–water partition coefficient (Wildman–Crippen LogP) is 6.21. The highest BCUT2D eigenvalue weighted by atomic mass is 19.4. The minimum absolute atomic E-state index is 0.0300. The molecule has 2 aromatic carbocycles. The van der Waals surface area contributed by atoms with Crippen LogP contribution in [0.15, 0.2) is 67.4 Å². The summed E-state index contributed by atoms with van der Waals surface area (Å²) in [5, 5.41) is 3.42. The second-order valence-corrected chi connectivity index (χ2v) is 9.94. The van der Waals surface area contributed by atoms with Crippen LogP contribution in [-0.2, 0) is 12.7 Å². The number of carbonyl (C=O) groups is 2. The first-order valence-electron chi connectivity index (χ1n) is 12.6. The average Bonchev–Trinajstić information content (AvgIpc) is 3.59. The largest absolute Gasteiger partial charge is 0.416 e. The number of benzene rings is 2. The third kappa shape index (κ3) is 4.66.